The highest BCUT2D eigenvalue weighted by Gasteiger charge is 2.36. The summed E-state index contributed by atoms with van der Waals surface area (Å²) >= 11 is 2.20. The number of pyridine rings is 2. The molecule has 4 rings (SSSR count). The molecule has 0 saturated carbocycles. The summed E-state index contributed by atoms with van der Waals surface area (Å²) in [4.78, 5) is 21.5. The maximum atomic E-state index is 13.6. The number of hydrogen-bond donors (Lipinski definition) is 0. The van der Waals surface area contributed by atoms with E-state index in [1.54, 1.807) is 48.0 Å². The zero-order valence-corrected chi connectivity index (χ0v) is 16.7. The average molecular weight is 444 g/mol. The number of halogens is 3. The van der Waals surface area contributed by atoms with Crippen LogP contribution in [0, 0.1) is 11.3 Å². The summed E-state index contributed by atoms with van der Waals surface area (Å²) in [5.74, 6) is 0.0908. The molecule has 0 aliphatic heterocycles. The predicted molar refractivity (Wildman–Crippen MR) is 108 cm³/mol. The van der Waals surface area contributed by atoms with Crippen molar-refractivity contribution in [3.8, 4) is 16.6 Å². The summed E-state index contributed by atoms with van der Waals surface area (Å²) in [6.07, 6.45) is -3.12. The van der Waals surface area contributed by atoms with E-state index in [1.165, 1.54) is 21.8 Å². The first kappa shape index (κ1) is 20.1. The van der Waals surface area contributed by atoms with Crippen LogP contribution in [0.15, 0.2) is 63.9 Å². The molecule has 5 nitrogen and oxygen atoms in total. The lowest BCUT2D eigenvalue weighted by Gasteiger charge is -2.13. The lowest BCUT2D eigenvalue weighted by atomic mass is 10.1. The van der Waals surface area contributed by atoms with Crippen molar-refractivity contribution >= 4 is 28.7 Å². The molecular weight excluding hydrogens is 433 g/mol. The van der Waals surface area contributed by atoms with Gasteiger partial charge in [0, 0.05) is 18.0 Å². The molecule has 4 aromatic heterocycles. The second-order valence-electron chi connectivity index (χ2n) is 6.13. The van der Waals surface area contributed by atoms with Crippen molar-refractivity contribution in [2.45, 2.75) is 17.0 Å². The van der Waals surface area contributed by atoms with E-state index < -0.39 is 17.3 Å². The second kappa shape index (κ2) is 7.93. The van der Waals surface area contributed by atoms with Crippen molar-refractivity contribution in [2.24, 2.45) is 0 Å². The Hall–Kier alpha value is -3.16. The molecular formula is C20H11F3N4OS2. The summed E-state index contributed by atoms with van der Waals surface area (Å²) < 4.78 is 42.1. The maximum absolute atomic E-state index is 13.6. The monoisotopic (exact) mass is 444 g/mol. The third-order valence-electron chi connectivity index (χ3n) is 4.16. The minimum atomic E-state index is -4.70. The summed E-state index contributed by atoms with van der Waals surface area (Å²) in [6.45, 7) is 0. The molecule has 150 valence electrons. The Bertz CT molecular complexity index is 1320. The number of hydrogen-bond acceptors (Lipinski definition) is 6. The summed E-state index contributed by atoms with van der Waals surface area (Å²) in [6, 6.07) is 12.3. The Labute approximate surface area is 176 Å². The van der Waals surface area contributed by atoms with E-state index in [2.05, 4.69) is 9.97 Å². The molecule has 0 spiro atoms. The molecule has 0 amide bonds. The van der Waals surface area contributed by atoms with Crippen LogP contribution in [-0.2, 0) is 11.9 Å². The van der Waals surface area contributed by atoms with Crippen molar-refractivity contribution < 1.29 is 13.2 Å². The van der Waals surface area contributed by atoms with Crippen LogP contribution in [0.2, 0.25) is 0 Å². The molecule has 4 heterocycles. The van der Waals surface area contributed by atoms with Gasteiger partial charge in [-0.1, -0.05) is 23.9 Å². The first-order valence-corrected chi connectivity index (χ1v) is 10.4. The van der Waals surface area contributed by atoms with Crippen molar-refractivity contribution in [1.29, 1.82) is 5.26 Å². The molecule has 0 aromatic carbocycles. The molecule has 0 fully saturated rings. The quantitative estimate of drug-likeness (QED) is 0.414. The lowest BCUT2D eigenvalue weighted by molar-refractivity contribution is -0.138. The van der Waals surface area contributed by atoms with Gasteiger partial charge < -0.3 is 0 Å². The van der Waals surface area contributed by atoms with Gasteiger partial charge in [-0.05, 0) is 29.6 Å². The fourth-order valence-corrected chi connectivity index (χ4v) is 4.41. The Morgan fingerprint density at radius 2 is 2.00 bits per heavy atom. The smallest absolute Gasteiger partial charge is 0.269 e. The van der Waals surface area contributed by atoms with Crippen molar-refractivity contribution in [2.75, 3.05) is 0 Å². The van der Waals surface area contributed by atoms with E-state index in [-0.39, 0.29) is 22.0 Å². The van der Waals surface area contributed by atoms with Crippen LogP contribution in [0.3, 0.4) is 0 Å². The zero-order valence-electron chi connectivity index (χ0n) is 15.1. The highest BCUT2D eigenvalue weighted by molar-refractivity contribution is 7.98. The largest absolute Gasteiger partial charge is 0.417 e. The third-order valence-corrected chi connectivity index (χ3v) is 6.06. The molecule has 0 unspecified atom stereocenters. The maximum Gasteiger partial charge on any atom is 0.417 e. The van der Waals surface area contributed by atoms with Gasteiger partial charge in [-0.2, -0.15) is 18.4 Å². The Morgan fingerprint density at radius 1 is 1.17 bits per heavy atom. The first-order valence-electron chi connectivity index (χ1n) is 8.53. The van der Waals surface area contributed by atoms with Gasteiger partial charge in [-0.25, -0.2) is 9.97 Å². The van der Waals surface area contributed by atoms with Crippen LogP contribution in [0.25, 0.3) is 16.2 Å². The van der Waals surface area contributed by atoms with Crippen LogP contribution < -0.4 is 5.56 Å². The van der Waals surface area contributed by atoms with E-state index in [0.717, 1.165) is 17.8 Å². The Kier molecular flexibility index (Phi) is 5.32. The molecule has 0 N–H and O–H groups in total. The van der Waals surface area contributed by atoms with Gasteiger partial charge in [-0.3, -0.25) is 9.20 Å². The number of aromatic nitrogens is 3. The molecule has 0 aliphatic carbocycles. The van der Waals surface area contributed by atoms with E-state index in [4.69, 9.17) is 0 Å². The fraction of sp³-hybridized carbons (Fsp3) is 0.100. The molecule has 0 aliphatic rings. The van der Waals surface area contributed by atoms with Gasteiger partial charge in [0.15, 0.2) is 0 Å². The van der Waals surface area contributed by atoms with E-state index in [1.807, 2.05) is 0 Å². The predicted octanol–water partition coefficient (Wildman–Crippen LogP) is 5.00. The number of thioether (sulfide) groups is 1. The molecule has 4 aromatic rings. The second-order valence-corrected chi connectivity index (χ2v) is 8.04. The fourth-order valence-electron chi connectivity index (χ4n) is 2.83. The van der Waals surface area contributed by atoms with Gasteiger partial charge in [0.2, 0.25) is 0 Å². The molecule has 10 heteroatoms. The summed E-state index contributed by atoms with van der Waals surface area (Å²) in [5, 5.41) is 11.1. The Balaban J connectivity index is 1.76. The zero-order chi connectivity index (χ0) is 21.3. The van der Waals surface area contributed by atoms with Crippen LogP contribution in [-0.4, -0.2) is 14.4 Å². The molecule has 0 saturated heterocycles. The number of nitriles is 1. The van der Waals surface area contributed by atoms with E-state index in [0.29, 0.717) is 16.2 Å². The Morgan fingerprint density at radius 3 is 2.70 bits per heavy atom. The number of alkyl halides is 3. The van der Waals surface area contributed by atoms with Crippen molar-refractivity contribution in [3.05, 3.63) is 81.2 Å². The first-order chi connectivity index (χ1) is 14.4. The summed E-state index contributed by atoms with van der Waals surface area (Å²) in [7, 11) is 0. The summed E-state index contributed by atoms with van der Waals surface area (Å²) in [5.41, 5.74) is -0.907. The minimum absolute atomic E-state index is 0.0502. The van der Waals surface area contributed by atoms with Gasteiger partial charge >= 0.3 is 6.18 Å². The third kappa shape index (κ3) is 3.94. The van der Waals surface area contributed by atoms with Crippen LogP contribution >= 0.6 is 23.1 Å². The van der Waals surface area contributed by atoms with Crippen molar-refractivity contribution in [3.63, 3.8) is 0 Å². The number of thiophene rings is 1. The van der Waals surface area contributed by atoms with E-state index in [9.17, 15) is 23.2 Å². The molecule has 0 bridgehead atoms. The average Bonchev–Trinajstić information content (AvgIpc) is 3.26. The van der Waals surface area contributed by atoms with Gasteiger partial charge in [0.1, 0.15) is 16.7 Å². The normalized spacial score (nSPS) is 11.5. The molecule has 0 radical (unpaired) electrons. The number of rotatable bonds is 4. The van der Waals surface area contributed by atoms with Crippen LogP contribution in [0.5, 0.6) is 0 Å². The van der Waals surface area contributed by atoms with E-state index >= 15 is 0 Å². The van der Waals surface area contributed by atoms with Gasteiger partial charge in [0.05, 0.1) is 27.4 Å². The highest BCUT2D eigenvalue weighted by Crippen LogP contribution is 2.39. The lowest BCUT2D eigenvalue weighted by Crippen LogP contribution is -2.14. The van der Waals surface area contributed by atoms with Crippen LogP contribution in [0.1, 0.15) is 16.8 Å². The van der Waals surface area contributed by atoms with Crippen LogP contribution in [0.4, 0.5) is 13.2 Å². The molecule has 30 heavy (non-hydrogen) atoms. The SMILES string of the molecule is N#Cc1c(C(F)(F)F)cc(-c2cccs2)nc1SCc1cc(=O)n2ccccc2n1. The van der Waals surface area contributed by atoms with Crippen molar-refractivity contribution in [1.82, 2.24) is 14.4 Å². The molecule has 0 atom stereocenters. The topological polar surface area (TPSA) is 71.0 Å². The highest BCUT2D eigenvalue weighted by atomic mass is 32.2. The van der Waals surface area contributed by atoms with Gasteiger partial charge in [0.25, 0.3) is 5.56 Å². The minimum Gasteiger partial charge on any atom is -0.269 e. The number of fused-ring (bicyclic) bond motifs is 1. The van der Waals surface area contributed by atoms with Gasteiger partial charge in [-0.15, -0.1) is 11.3 Å². The standard InChI is InChI=1S/C20H11F3N4OS2/c21-20(22,23)14-9-15(16-4-3-7-29-16)26-19(13(14)10-24)30-11-12-8-18(28)27-6-2-1-5-17(27)25-12/h1-9H,11H2. The number of nitrogens with zero attached hydrogens (tertiary/aromatic N) is 4.